The molecule has 1 saturated heterocycles. The second kappa shape index (κ2) is 9.10. The van der Waals surface area contributed by atoms with Crippen molar-refractivity contribution in [2.75, 3.05) is 36.9 Å². The number of aryl methyl sites for hydroxylation is 1. The van der Waals surface area contributed by atoms with Crippen molar-refractivity contribution in [3.05, 3.63) is 45.5 Å². The van der Waals surface area contributed by atoms with Crippen molar-refractivity contribution in [2.45, 2.75) is 19.8 Å². The Morgan fingerprint density at radius 1 is 1.31 bits per heavy atom. The molecule has 29 heavy (non-hydrogen) atoms. The van der Waals surface area contributed by atoms with Gasteiger partial charge in [-0.3, -0.25) is 24.6 Å². The maximum absolute atomic E-state index is 12.6. The quantitative estimate of drug-likeness (QED) is 0.572. The van der Waals surface area contributed by atoms with E-state index >= 15 is 0 Å². The molecule has 0 unspecified atom stereocenters. The van der Waals surface area contributed by atoms with Crippen LogP contribution in [0.25, 0.3) is 0 Å². The predicted molar refractivity (Wildman–Crippen MR) is 111 cm³/mol. The molecule has 0 bridgehead atoms. The number of carbonyl (C=O) groups is 2. The van der Waals surface area contributed by atoms with E-state index in [-0.39, 0.29) is 30.0 Å². The number of rotatable bonds is 6. The smallest absolute Gasteiger partial charge is 0.269 e. The fourth-order valence-corrected chi connectivity index (χ4v) is 3.90. The number of nitro benzene ring substituents is 1. The molecule has 2 amide bonds. The van der Waals surface area contributed by atoms with Crippen LogP contribution in [0.15, 0.2) is 29.6 Å². The van der Waals surface area contributed by atoms with Gasteiger partial charge in [0.15, 0.2) is 5.13 Å². The van der Waals surface area contributed by atoms with Crippen LogP contribution in [0.5, 0.6) is 0 Å². The summed E-state index contributed by atoms with van der Waals surface area (Å²) < 4.78 is 0. The van der Waals surface area contributed by atoms with E-state index in [1.165, 1.54) is 28.4 Å². The lowest BCUT2D eigenvalue weighted by Crippen LogP contribution is -2.44. The largest absolute Gasteiger partial charge is 0.314 e. The number of aromatic nitrogens is 1. The maximum Gasteiger partial charge on any atom is 0.269 e. The van der Waals surface area contributed by atoms with Gasteiger partial charge in [0.25, 0.3) is 5.69 Å². The number of nitro groups is 1. The predicted octanol–water partition coefficient (Wildman–Crippen LogP) is 2.67. The SMILES string of the molecule is Cc1csc(NC(=O)C2CCN(CC(=O)N(C)c3ccc([N+](=O)[O-])cc3)CC2)n1. The topological polar surface area (TPSA) is 109 Å². The first kappa shape index (κ1) is 20.9. The Balaban J connectivity index is 1.47. The third-order valence-corrected chi connectivity index (χ3v) is 5.86. The Bertz CT molecular complexity index is 890. The first-order valence-corrected chi connectivity index (χ1v) is 10.2. The molecule has 154 valence electrons. The van der Waals surface area contributed by atoms with E-state index in [0.717, 1.165) is 5.69 Å². The zero-order valence-electron chi connectivity index (χ0n) is 16.3. The number of nitrogens with zero attached hydrogens (tertiary/aromatic N) is 4. The standard InChI is InChI=1S/C19H23N5O4S/c1-13-12-29-19(20-13)21-18(26)14-7-9-23(10-8-14)11-17(25)22(2)15-3-5-16(6-4-15)24(27)28/h3-6,12,14H,7-11H2,1-2H3,(H,20,21,26). The van der Waals surface area contributed by atoms with Gasteiger partial charge in [-0.15, -0.1) is 11.3 Å². The monoisotopic (exact) mass is 417 g/mol. The summed E-state index contributed by atoms with van der Waals surface area (Å²) in [5.74, 6) is -0.202. The van der Waals surface area contributed by atoms with Crippen LogP contribution in [0.1, 0.15) is 18.5 Å². The van der Waals surface area contributed by atoms with E-state index < -0.39 is 4.92 Å². The Hall–Kier alpha value is -2.85. The number of nitrogens with one attached hydrogen (secondary N) is 1. The van der Waals surface area contributed by atoms with Gasteiger partial charge in [0, 0.05) is 36.2 Å². The summed E-state index contributed by atoms with van der Waals surface area (Å²) in [7, 11) is 1.65. The maximum atomic E-state index is 12.6. The molecule has 1 aliphatic rings. The second-order valence-electron chi connectivity index (χ2n) is 7.06. The van der Waals surface area contributed by atoms with Gasteiger partial charge in [-0.1, -0.05) is 0 Å². The molecular weight excluding hydrogens is 394 g/mol. The molecule has 0 atom stereocenters. The zero-order chi connectivity index (χ0) is 21.0. The van der Waals surface area contributed by atoms with Gasteiger partial charge < -0.3 is 10.2 Å². The van der Waals surface area contributed by atoms with Crippen molar-refractivity contribution < 1.29 is 14.5 Å². The highest BCUT2D eigenvalue weighted by Crippen LogP contribution is 2.22. The van der Waals surface area contributed by atoms with E-state index in [1.54, 1.807) is 19.2 Å². The molecule has 1 aromatic carbocycles. The molecule has 0 saturated carbocycles. The molecule has 0 spiro atoms. The summed E-state index contributed by atoms with van der Waals surface area (Å²) in [5, 5.41) is 16.1. The molecule has 10 heteroatoms. The third kappa shape index (κ3) is 5.36. The fraction of sp³-hybridized carbons (Fsp3) is 0.421. The molecule has 2 heterocycles. The van der Waals surface area contributed by atoms with Crippen LogP contribution >= 0.6 is 11.3 Å². The minimum Gasteiger partial charge on any atom is -0.314 e. The number of anilines is 2. The number of likely N-dealkylation sites (N-methyl/N-ethyl adjacent to an activating group) is 1. The number of hydrogen-bond acceptors (Lipinski definition) is 7. The van der Waals surface area contributed by atoms with E-state index in [9.17, 15) is 19.7 Å². The summed E-state index contributed by atoms with van der Waals surface area (Å²) in [5.41, 5.74) is 1.48. The molecule has 3 rings (SSSR count). The average molecular weight is 417 g/mol. The molecule has 2 aromatic rings. The number of non-ortho nitro benzene ring substituents is 1. The van der Waals surface area contributed by atoms with E-state index in [4.69, 9.17) is 0 Å². The summed E-state index contributed by atoms with van der Waals surface area (Å²) in [6, 6.07) is 5.89. The van der Waals surface area contributed by atoms with Crippen LogP contribution in [0, 0.1) is 23.0 Å². The van der Waals surface area contributed by atoms with Gasteiger partial charge in [0.1, 0.15) is 0 Å². The van der Waals surface area contributed by atoms with Gasteiger partial charge in [-0.25, -0.2) is 4.98 Å². The highest BCUT2D eigenvalue weighted by atomic mass is 32.1. The number of likely N-dealkylation sites (tertiary alicyclic amines) is 1. The van der Waals surface area contributed by atoms with Gasteiger partial charge >= 0.3 is 0 Å². The fourth-order valence-electron chi connectivity index (χ4n) is 3.21. The zero-order valence-corrected chi connectivity index (χ0v) is 17.1. The number of amides is 2. The molecule has 0 radical (unpaired) electrons. The first-order chi connectivity index (χ1) is 13.8. The van der Waals surface area contributed by atoms with Crippen LogP contribution in [0.2, 0.25) is 0 Å². The Morgan fingerprint density at radius 3 is 2.52 bits per heavy atom. The molecular formula is C19H23N5O4S. The number of carbonyl (C=O) groups excluding carboxylic acids is 2. The van der Waals surface area contributed by atoms with Gasteiger partial charge in [-0.2, -0.15) is 0 Å². The second-order valence-corrected chi connectivity index (χ2v) is 7.92. The Morgan fingerprint density at radius 2 is 1.97 bits per heavy atom. The van der Waals surface area contributed by atoms with Gasteiger partial charge in [0.2, 0.25) is 11.8 Å². The van der Waals surface area contributed by atoms with Crippen LogP contribution in [-0.2, 0) is 9.59 Å². The highest BCUT2D eigenvalue weighted by molar-refractivity contribution is 7.13. The minimum atomic E-state index is -0.471. The summed E-state index contributed by atoms with van der Waals surface area (Å²) in [6.07, 6.45) is 1.37. The van der Waals surface area contributed by atoms with Crippen LogP contribution in [0.4, 0.5) is 16.5 Å². The summed E-state index contributed by atoms with van der Waals surface area (Å²) in [4.78, 5) is 43.0. The van der Waals surface area contributed by atoms with Gasteiger partial charge in [-0.05, 0) is 45.0 Å². The Labute approximate surface area is 172 Å². The molecule has 1 aliphatic heterocycles. The lowest BCUT2D eigenvalue weighted by atomic mass is 9.96. The van der Waals surface area contributed by atoms with E-state index in [0.29, 0.717) is 36.8 Å². The molecule has 1 N–H and O–H groups in total. The van der Waals surface area contributed by atoms with E-state index in [2.05, 4.69) is 10.3 Å². The lowest BCUT2D eigenvalue weighted by molar-refractivity contribution is -0.384. The van der Waals surface area contributed by atoms with Crippen molar-refractivity contribution in [1.29, 1.82) is 0 Å². The van der Waals surface area contributed by atoms with Crippen LogP contribution in [0.3, 0.4) is 0 Å². The number of hydrogen-bond donors (Lipinski definition) is 1. The molecule has 1 aromatic heterocycles. The van der Waals surface area contributed by atoms with Crippen molar-refractivity contribution in [1.82, 2.24) is 9.88 Å². The first-order valence-electron chi connectivity index (χ1n) is 9.30. The Kier molecular flexibility index (Phi) is 6.55. The number of thiazole rings is 1. The highest BCUT2D eigenvalue weighted by Gasteiger charge is 2.27. The van der Waals surface area contributed by atoms with Crippen LogP contribution in [-0.4, -0.2) is 53.3 Å². The van der Waals surface area contributed by atoms with Crippen molar-refractivity contribution in [2.24, 2.45) is 5.92 Å². The average Bonchev–Trinajstić information content (AvgIpc) is 3.12. The van der Waals surface area contributed by atoms with E-state index in [1.807, 2.05) is 17.2 Å². The van der Waals surface area contributed by atoms with Crippen molar-refractivity contribution in [3.8, 4) is 0 Å². The van der Waals surface area contributed by atoms with Crippen molar-refractivity contribution in [3.63, 3.8) is 0 Å². The molecule has 1 fully saturated rings. The minimum absolute atomic E-state index is 0.0112. The summed E-state index contributed by atoms with van der Waals surface area (Å²) >= 11 is 1.41. The molecule has 0 aliphatic carbocycles. The number of benzene rings is 1. The lowest BCUT2D eigenvalue weighted by Gasteiger charge is -2.31. The number of piperidine rings is 1. The third-order valence-electron chi connectivity index (χ3n) is 4.99. The van der Waals surface area contributed by atoms with Crippen LogP contribution < -0.4 is 10.2 Å². The van der Waals surface area contributed by atoms with Gasteiger partial charge in [0.05, 0.1) is 17.2 Å². The molecule has 9 nitrogen and oxygen atoms in total. The normalized spacial score (nSPS) is 15.1. The van der Waals surface area contributed by atoms with Crippen molar-refractivity contribution >= 4 is 39.7 Å². The summed E-state index contributed by atoms with van der Waals surface area (Å²) in [6.45, 7) is 3.45.